The van der Waals surface area contributed by atoms with Crippen LogP contribution in [-0.4, -0.2) is 28.6 Å². The third kappa shape index (κ3) is 5.26. The minimum Gasteiger partial charge on any atom is -0.223 e. The predicted octanol–water partition coefficient (Wildman–Crippen LogP) is 4.26. The van der Waals surface area contributed by atoms with E-state index in [0.29, 0.717) is 12.1 Å². The largest absolute Gasteiger partial charge is 0.416 e. The zero-order valence-corrected chi connectivity index (χ0v) is 17.7. The molecule has 0 radical (unpaired) electrons. The molecule has 3 rings (SSSR count). The van der Waals surface area contributed by atoms with Gasteiger partial charge >= 0.3 is 12.4 Å². The Balaban J connectivity index is 1.63. The predicted molar refractivity (Wildman–Crippen MR) is 102 cm³/mol. The van der Waals surface area contributed by atoms with Crippen LogP contribution in [0.25, 0.3) is 0 Å². The molecule has 0 bridgehead atoms. The molecule has 0 heterocycles. The maximum Gasteiger partial charge on any atom is 0.416 e. The summed E-state index contributed by atoms with van der Waals surface area (Å²) < 4.78 is 129. The highest BCUT2D eigenvalue weighted by Crippen LogP contribution is 2.38. The topological polar surface area (TPSA) is 80.3 Å². The minimum atomic E-state index is -4.72. The molecule has 13 heteroatoms. The van der Waals surface area contributed by atoms with Gasteiger partial charge in [0.05, 0.1) is 26.2 Å². The number of benzene rings is 2. The third-order valence-corrected chi connectivity index (χ3v) is 8.75. The highest BCUT2D eigenvalue weighted by atomic mass is 32.2. The van der Waals surface area contributed by atoms with Crippen LogP contribution in [0.4, 0.5) is 26.3 Å². The lowest BCUT2D eigenvalue weighted by molar-refractivity contribution is -0.138. The van der Waals surface area contributed by atoms with E-state index >= 15 is 0 Å². The maximum atomic E-state index is 12.8. The van der Waals surface area contributed by atoms with Crippen LogP contribution in [0.2, 0.25) is 0 Å². The summed E-state index contributed by atoms with van der Waals surface area (Å²) in [7, 11) is -8.31. The standard InChI is InChI=1S/C19H17F6NO4S2/c20-18(21,22)13-3-1-5-15(9-13)31(27,28)17-7-12(8-17)11-26-32(29,30)16-6-2-4-14(10-16)19(23,24)25/h1-6,9-10,12,17,26H,7-8,11H2. The van der Waals surface area contributed by atoms with Crippen LogP contribution in [0.3, 0.4) is 0 Å². The van der Waals surface area contributed by atoms with Crippen molar-refractivity contribution < 1.29 is 43.2 Å². The molecule has 0 aromatic heterocycles. The van der Waals surface area contributed by atoms with Crippen LogP contribution in [-0.2, 0) is 32.2 Å². The van der Waals surface area contributed by atoms with Gasteiger partial charge in [0.2, 0.25) is 10.0 Å². The molecule has 2 aromatic rings. The van der Waals surface area contributed by atoms with E-state index in [4.69, 9.17) is 0 Å². The average molecular weight is 501 g/mol. The Morgan fingerprint density at radius 3 is 1.75 bits per heavy atom. The van der Waals surface area contributed by atoms with E-state index in [1.54, 1.807) is 0 Å². The lowest BCUT2D eigenvalue weighted by Gasteiger charge is -2.35. The molecule has 0 saturated heterocycles. The number of hydrogen-bond donors (Lipinski definition) is 1. The van der Waals surface area contributed by atoms with Crippen molar-refractivity contribution in [3.05, 3.63) is 59.7 Å². The van der Waals surface area contributed by atoms with Crippen molar-refractivity contribution >= 4 is 19.9 Å². The maximum absolute atomic E-state index is 12.8. The second kappa shape index (κ2) is 8.34. The fourth-order valence-electron chi connectivity index (χ4n) is 3.29. The summed E-state index contributed by atoms with van der Waals surface area (Å²) in [5.41, 5.74) is -2.22. The Kier molecular flexibility index (Phi) is 6.39. The molecule has 0 spiro atoms. The van der Waals surface area contributed by atoms with Gasteiger partial charge in [0, 0.05) is 6.54 Å². The van der Waals surface area contributed by atoms with Crippen LogP contribution >= 0.6 is 0 Å². The van der Waals surface area contributed by atoms with Crippen molar-refractivity contribution in [1.29, 1.82) is 0 Å². The van der Waals surface area contributed by atoms with Crippen molar-refractivity contribution in [3.8, 4) is 0 Å². The first-order valence-electron chi connectivity index (χ1n) is 9.19. The lowest BCUT2D eigenvalue weighted by atomic mass is 9.85. The number of halogens is 6. The highest BCUT2D eigenvalue weighted by Gasteiger charge is 2.41. The number of sulfone groups is 1. The van der Waals surface area contributed by atoms with Gasteiger partial charge in [-0.15, -0.1) is 0 Å². The van der Waals surface area contributed by atoms with Gasteiger partial charge < -0.3 is 0 Å². The summed E-state index contributed by atoms with van der Waals surface area (Å²) in [6.07, 6.45) is -9.41. The Bertz CT molecular complexity index is 1200. The summed E-state index contributed by atoms with van der Waals surface area (Å²) >= 11 is 0. The fraction of sp³-hybridized carbons (Fsp3) is 0.368. The second-order valence-electron chi connectivity index (χ2n) is 7.41. The first-order chi connectivity index (χ1) is 14.6. The van der Waals surface area contributed by atoms with Gasteiger partial charge in [-0.3, -0.25) is 0 Å². The molecule has 1 N–H and O–H groups in total. The second-order valence-corrected chi connectivity index (χ2v) is 11.4. The van der Waals surface area contributed by atoms with E-state index in [1.165, 1.54) is 0 Å². The van der Waals surface area contributed by atoms with Crippen LogP contribution in [0.1, 0.15) is 24.0 Å². The summed E-state index contributed by atoms with van der Waals surface area (Å²) in [5, 5.41) is -0.978. The van der Waals surface area contributed by atoms with Gasteiger partial charge in [-0.1, -0.05) is 12.1 Å². The van der Waals surface area contributed by atoms with Gasteiger partial charge in [0.25, 0.3) is 0 Å². The van der Waals surface area contributed by atoms with Gasteiger partial charge in [-0.2, -0.15) is 26.3 Å². The van der Waals surface area contributed by atoms with Gasteiger partial charge in [-0.25, -0.2) is 21.6 Å². The Labute approximate surface area is 180 Å². The molecule has 1 aliphatic carbocycles. The monoisotopic (exact) mass is 501 g/mol. The molecule has 32 heavy (non-hydrogen) atoms. The lowest BCUT2D eigenvalue weighted by Crippen LogP contribution is -2.42. The Morgan fingerprint density at radius 1 is 0.781 bits per heavy atom. The molecule has 2 aromatic carbocycles. The molecule has 176 valence electrons. The molecule has 0 amide bonds. The zero-order valence-electron chi connectivity index (χ0n) is 16.1. The molecule has 0 unspecified atom stereocenters. The number of hydrogen-bond acceptors (Lipinski definition) is 4. The van der Waals surface area contributed by atoms with E-state index in [2.05, 4.69) is 4.72 Å². The van der Waals surface area contributed by atoms with Crippen LogP contribution in [0, 0.1) is 5.92 Å². The van der Waals surface area contributed by atoms with Gasteiger partial charge in [0.15, 0.2) is 9.84 Å². The van der Waals surface area contributed by atoms with Crippen LogP contribution in [0.15, 0.2) is 58.3 Å². The molecule has 1 saturated carbocycles. The van der Waals surface area contributed by atoms with E-state index in [9.17, 15) is 43.2 Å². The molecule has 0 aliphatic heterocycles. The average Bonchev–Trinajstić information content (AvgIpc) is 2.65. The molecule has 0 atom stereocenters. The van der Waals surface area contributed by atoms with Crippen molar-refractivity contribution in [2.75, 3.05) is 6.54 Å². The first-order valence-corrected chi connectivity index (χ1v) is 12.2. The minimum absolute atomic E-state index is 0.00366. The highest BCUT2D eigenvalue weighted by molar-refractivity contribution is 7.92. The summed E-state index contributed by atoms with van der Waals surface area (Å²) in [6.45, 7) is -0.215. The smallest absolute Gasteiger partial charge is 0.223 e. The molecular formula is C19H17F6NO4S2. The van der Waals surface area contributed by atoms with Crippen molar-refractivity contribution in [1.82, 2.24) is 4.72 Å². The molecular weight excluding hydrogens is 484 g/mol. The fourth-order valence-corrected chi connectivity index (χ4v) is 6.44. The van der Waals surface area contributed by atoms with Crippen molar-refractivity contribution in [2.45, 2.75) is 40.2 Å². The number of nitrogens with one attached hydrogen (secondary N) is 1. The van der Waals surface area contributed by atoms with Gasteiger partial charge in [0.1, 0.15) is 0 Å². The van der Waals surface area contributed by atoms with Crippen LogP contribution < -0.4 is 4.72 Å². The van der Waals surface area contributed by atoms with Crippen LogP contribution in [0.5, 0.6) is 0 Å². The van der Waals surface area contributed by atoms with E-state index in [0.717, 1.165) is 36.4 Å². The Morgan fingerprint density at radius 2 is 1.25 bits per heavy atom. The number of rotatable bonds is 6. The first kappa shape index (κ1) is 24.5. The SMILES string of the molecule is O=S(=O)(NCC1CC(S(=O)(=O)c2cccc(C(F)(F)F)c2)C1)c1cccc(C(F)(F)F)c1. The van der Waals surface area contributed by atoms with Crippen molar-refractivity contribution in [2.24, 2.45) is 5.92 Å². The number of sulfonamides is 1. The van der Waals surface area contributed by atoms with Gasteiger partial charge in [-0.05, 0) is 55.2 Å². The van der Waals surface area contributed by atoms with Crippen molar-refractivity contribution in [3.63, 3.8) is 0 Å². The molecule has 5 nitrogen and oxygen atoms in total. The van der Waals surface area contributed by atoms with E-state index in [1.807, 2.05) is 0 Å². The summed E-state index contributed by atoms with van der Waals surface area (Å²) in [5.74, 6) is -0.429. The molecule has 1 fully saturated rings. The quantitative estimate of drug-likeness (QED) is 0.600. The number of alkyl halides is 6. The summed E-state index contributed by atoms with van der Waals surface area (Å²) in [6, 6.07) is 6.54. The normalized spacial score (nSPS) is 20.1. The summed E-state index contributed by atoms with van der Waals surface area (Å²) in [4.78, 5) is -1.06. The molecule has 1 aliphatic rings. The van der Waals surface area contributed by atoms with E-state index < -0.39 is 64.3 Å². The zero-order chi connectivity index (χ0) is 23.9. The Hall–Kier alpha value is -2.12. The third-order valence-electron chi connectivity index (χ3n) is 5.15. The van der Waals surface area contributed by atoms with E-state index in [-0.39, 0.29) is 19.4 Å².